The average Bonchev–Trinajstić information content (AvgIpc) is 2.86. The van der Waals surface area contributed by atoms with Crippen LogP contribution in [-0.4, -0.2) is 46.4 Å². The molecular formula is C18H33NO4. The van der Waals surface area contributed by atoms with Gasteiger partial charge in [0.25, 0.3) is 0 Å². The molecule has 134 valence electrons. The highest BCUT2D eigenvalue weighted by Crippen LogP contribution is 2.45. The van der Waals surface area contributed by atoms with E-state index in [0.29, 0.717) is 30.9 Å². The van der Waals surface area contributed by atoms with Crippen LogP contribution in [0, 0.1) is 11.3 Å². The van der Waals surface area contributed by atoms with Gasteiger partial charge in [0.2, 0.25) is 0 Å². The summed E-state index contributed by atoms with van der Waals surface area (Å²) in [5, 5.41) is 19.7. The van der Waals surface area contributed by atoms with Crippen molar-refractivity contribution in [3.05, 3.63) is 12.5 Å². The van der Waals surface area contributed by atoms with Gasteiger partial charge in [0, 0.05) is 12.8 Å². The van der Waals surface area contributed by atoms with Crippen LogP contribution in [0.2, 0.25) is 0 Å². The smallest absolute Gasteiger partial charge is 0.181 e. The summed E-state index contributed by atoms with van der Waals surface area (Å²) in [5.74, 6) is 0.113. The van der Waals surface area contributed by atoms with E-state index < -0.39 is 12.0 Å². The van der Waals surface area contributed by atoms with Crippen LogP contribution in [0.5, 0.6) is 0 Å². The lowest BCUT2D eigenvalue weighted by atomic mass is 9.71. The Labute approximate surface area is 140 Å². The van der Waals surface area contributed by atoms with Gasteiger partial charge >= 0.3 is 0 Å². The van der Waals surface area contributed by atoms with Crippen molar-refractivity contribution in [2.24, 2.45) is 11.3 Å². The summed E-state index contributed by atoms with van der Waals surface area (Å²) >= 11 is 0. The third kappa shape index (κ3) is 4.40. The average molecular weight is 327 g/mol. The summed E-state index contributed by atoms with van der Waals surface area (Å²) < 4.78 is 12.2. The van der Waals surface area contributed by atoms with Gasteiger partial charge < -0.3 is 24.6 Å². The molecule has 2 rings (SSSR count). The second kappa shape index (κ2) is 6.99. The number of rotatable bonds is 5. The Kier molecular flexibility index (Phi) is 5.64. The first-order chi connectivity index (χ1) is 10.7. The zero-order valence-electron chi connectivity index (χ0n) is 15.0. The first-order valence-corrected chi connectivity index (χ1v) is 8.81. The molecule has 0 aromatic heterocycles. The fourth-order valence-electron chi connectivity index (χ4n) is 3.73. The molecule has 0 amide bonds. The zero-order valence-corrected chi connectivity index (χ0v) is 15.0. The van der Waals surface area contributed by atoms with Crippen molar-refractivity contribution >= 4 is 0 Å². The minimum atomic E-state index is -0.746. The topological polar surface area (TPSA) is 62.2 Å². The lowest BCUT2D eigenvalue weighted by Gasteiger charge is -2.41. The summed E-state index contributed by atoms with van der Waals surface area (Å²) in [6.45, 7) is 13.2. The number of aliphatic hydroxyl groups is 2. The highest BCUT2D eigenvalue weighted by atomic mass is 16.7. The van der Waals surface area contributed by atoms with E-state index in [9.17, 15) is 10.2 Å². The Morgan fingerprint density at radius 1 is 1.35 bits per heavy atom. The van der Waals surface area contributed by atoms with Gasteiger partial charge in [0.05, 0.1) is 13.2 Å². The van der Waals surface area contributed by atoms with E-state index >= 15 is 0 Å². The third-order valence-electron chi connectivity index (χ3n) is 5.34. The first kappa shape index (κ1) is 18.6. The largest absolute Gasteiger partial charge is 0.495 e. The highest BCUT2D eigenvalue weighted by Gasteiger charge is 2.46. The first-order valence-electron chi connectivity index (χ1n) is 8.81. The molecule has 2 fully saturated rings. The molecule has 1 spiro atoms. The Morgan fingerprint density at radius 3 is 2.43 bits per heavy atom. The molecule has 0 radical (unpaired) electrons. The van der Waals surface area contributed by atoms with Crippen molar-refractivity contribution in [3.8, 4) is 0 Å². The van der Waals surface area contributed by atoms with Gasteiger partial charge in [-0.05, 0) is 37.2 Å². The summed E-state index contributed by atoms with van der Waals surface area (Å²) in [5.41, 5.74) is 0.330. The molecule has 0 bridgehead atoms. The lowest BCUT2D eigenvalue weighted by Crippen LogP contribution is -2.42. The van der Waals surface area contributed by atoms with E-state index in [2.05, 4.69) is 27.4 Å². The Morgan fingerprint density at radius 2 is 1.96 bits per heavy atom. The number of ether oxygens (including phenoxy) is 2. The molecule has 0 aromatic rings. The second-order valence-electron chi connectivity index (χ2n) is 8.06. The second-order valence-corrected chi connectivity index (χ2v) is 8.06. The summed E-state index contributed by atoms with van der Waals surface area (Å²) in [6.07, 6.45) is 3.69. The molecule has 2 atom stereocenters. The predicted molar refractivity (Wildman–Crippen MR) is 89.7 cm³/mol. The van der Waals surface area contributed by atoms with Gasteiger partial charge in [-0.15, -0.1) is 0 Å². The zero-order chi connectivity index (χ0) is 17.3. The van der Waals surface area contributed by atoms with Crippen LogP contribution in [0.4, 0.5) is 0 Å². The maximum absolute atomic E-state index is 9.98. The van der Waals surface area contributed by atoms with E-state index in [0.717, 1.165) is 25.7 Å². The van der Waals surface area contributed by atoms with Gasteiger partial charge in [-0.25, -0.2) is 0 Å². The van der Waals surface area contributed by atoms with Crippen molar-refractivity contribution in [1.82, 2.24) is 4.90 Å². The fraction of sp³-hybridized carbons (Fsp3) is 0.889. The van der Waals surface area contributed by atoms with Crippen molar-refractivity contribution in [2.45, 2.75) is 77.9 Å². The molecule has 2 N–H and O–H groups in total. The molecule has 1 heterocycles. The van der Waals surface area contributed by atoms with Crippen LogP contribution < -0.4 is 0 Å². The number of hydrogen-bond acceptors (Lipinski definition) is 5. The fourth-order valence-corrected chi connectivity index (χ4v) is 3.73. The van der Waals surface area contributed by atoms with Gasteiger partial charge in [-0.3, -0.25) is 0 Å². The monoisotopic (exact) mass is 327 g/mol. The summed E-state index contributed by atoms with van der Waals surface area (Å²) in [6, 6.07) is 0. The van der Waals surface area contributed by atoms with E-state index in [-0.39, 0.29) is 12.0 Å². The minimum Gasteiger partial charge on any atom is -0.495 e. The van der Waals surface area contributed by atoms with Crippen LogP contribution in [-0.2, 0) is 9.47 Å². The van der Waals surface area contributed by atoms with E-state index in [4.69, 9.17) is 9.47 Å². The van der Waals surface area contributed by atoms with E-state index in [1.165, 1.54) is 4.90 Å². The van der Waals surface area contributed by atoms with Crippen LogP contribution in [0.3, 0.4) is 0 Å². The molecule has 1 aliphatic heterocycles. The van der Waals surface area contributed by atoms with Crippen molar-refractivity contribution in [1.29, 1.82) is 0 Å². The molecule has 1 saturated carbocycles. The molecule has 23 heavy (non-hydrogen) atoms. The molecular weight excluding hydrogens is 294 g/mol. The van der Waals surface area contributed by atoms with Gasteiger partial charge in [0.15, 0.2) is 11.7 Å². The van der Waals surface area contributed by atoms with Crippen LogP contribution in [0.15, 0.2) is 12.5 Å². The summed E-state index contributed by atoms with van der Waals surface area (Å²) in [7, 11) is 0. The Balaban J connectivity index is 1.90. The molecule has 2 aliphatic rings. The highest BCUT2D eigenvalue weighted by molar-refractivity contribution is 4.91. The summed E-state index contributed by atoms with van der Waals surface area (Å²) in [4.78, 5) is 1.48. The number of nitrogens with zero attached hydrogens (tertiary/aromatic N) is 1. The van der Waals surface area contributed by atoms with Crippen molar-refractivity contribution in [2.75, 3.05) is 13.2 Å². The molecule has 1 saturated heterocycles. The Bertz CT molecular complexity index is 410. The quantitative estimate of drug-likeness (QED) is 0.598. The molecule has 1 aliphatic carbocycles. The molecule has 2 unspecified atom stereocenters. The standard InChI is InChI=1S/C18H33NO4/c1-6-16(21)19(13(2)20)11-15-12-22-18(23-15)9-7-14(8-10-18)17(3,4)5/h14-16,20-21H,2,6-12H2,1,3-5H3. The molecule has 5 nitrogen and oxygen atoms in total. The van der Waals surface area contributed by atoms with Gasteiger partial charge in [-0.1, -0.05) is 27.7 Å². The lowest BCUT2D eigenvalue weighted by molar-refractivity contribution is -0.199. The van der Waals surface area contributed by atoms with E-state index in [1.54, 1.807) is 0 Å². The molecule has 5 heteroatoms. The third-order valence-corrected chi connectivity index (χ3v) is 5.34. The van der Waals surface area contributed by atoms with Gasteiger partial charge in [-0.2, -0.15) is 0 Å². The molecule has 0 aromatic carbocycles. The SMILES string of the molecule is C=C(O)N(CC1COC2(CCC(C(C)(C)C)CC2)O1)C(O)CC. The maximum Gasteiger partial charge on any atom is 0.181 e. The van der Waals surface area contributed by atoms with E-state index in [1.807, 2.05) is 6.92 Å². The maximum atomic E-state index is 9.98. The Hall–Kier alpha value is -0.780. The number of hydrogen-bond donors (Lipinski definition) is 2. The van der Waals surface area contributed by atoms with Crippen molar-refractivity contribution < 1.29 is 19.7 Å². The minimum absolute atomic E-state index is 0.125. The van der Waals surface area contributed by atoms with Crippen LogP contribution in [0.25, 0.3) is 0 Å². The normalized spacial score (nSPS) is 32.9. The predicted octanol–water partition coefficient (Wildman–Crippen LogP) is 3.39. The number of aliphatic hydroxyl groups excluding tert-OH is 2. The van der Waals surface area contributed by atoms with Crippen LogP contribution in [0.1, 0.15) is 59.8 Å². The van der Waals surface area contributed by atoms with Crippen LogP contribution >= 0.6 is 0 Å². The van der Waals surface area contributed by atoms with Gasteiger partial charge in [0.1, 0.15) is 12.3 Å². The van der Waals surface area contributed by atoms with Crippen molar-refractivity contribution in [3.63, 3.8) is 0 Å².